The number of fused-ring (bicyclic) bond motifs is 1. The van der Waals surface area contributed by atoms with Crippen LogP contribution in [0.1, 0.15) is 41.9 Å². The van der Waals surface area contributed by atoms with Gasteiger partial charge in [-0.15, -0.1) is 0 Å². The van der Waals surface area contributed by atoms with Crippen LogP contribution in [0.3, 0.4) is 0 Å². The minimum atomic E-state index is 0.0990. The Kier molecular flexibility index (Phi) is 5.76. The molecule has 1 aromatic carbocycles. The number of pyridine rings is 1. The lowest BCUT2D eigenvalue weighted by Crippen LogP contribution is -2.26. The van der Waals surface area contributed by atoms with Crippen molar-refractivity contribution < 1.29 is 9.53 Å². The van der Waals surface area contributed by atoms with Crippen LogP contribution in [-0.4, -0.2) is 32.1 Å². The van der Waals surface area contributed by atoms with Gasteiger partial charge < -0.3 is 15.0 Å². The molecule has 1 aliphatic carbocycles. The molecule has 1 N–H and O–H groups in total. The van der Waals surface area contributed by atoms with Crippen molar-refractivity contribution in [1.29, 1.82) is 0 Å². The Balaban J connectivity index is 1.60. The van der Waals surface area contributed by atoms with Crippen molar-refractivity contribution in [2.24, 2.45) is 0 Å². The maximum Gasteiger partial charge on any atom is 0.220 e. The van der Waals surface area contributed by atoms with Gasteiger partial charge in [0.2, 0.25) is 5.91 Å². The van der Waals surface area contributed by atoms with Crippen molar-refractivity contribution in [3.05, 3.63) is 53.2 Å². The zero-order valence-electron chi connectivity index (χ0n) is 15.8. The number of anilines is 1. The molecule has 1 aliphatic rings. The molecule has 0 bridgehead atoms. The van der Waals surface area contributed by atoms with Crippen LogP contribution in [0.4, 0.5) is 5.82 Å². The molecule has 5 nitrogen and oxygen atoms in total. The Morgan fingerprint density at radius 2 is 2.15 bits per heavy atom. The van der Waals surface area contributed by atoms with E-state index >= 15 is 0 Å². The maximum absolute atomic E-state index is 12.5. The highest BCUT2D eigenvalue weighted by Crippen LogP contribution is 2.35. The number of aryl methyl sites for hydroxylation is 1. The highest BCUT2D eigenvalue weighted by atomic mass is 16.5. The van der Waals surface area contributed by atoms with Gasteiger partial charge >= 0.3 is 0 Å². The summed E-state index contributed by atoms with van der Waals surface area (Å²) in [4.78, 5) is 18.7. The summed E-state index contributed by atoms with van der Waals surface area (Å²) in [6.45, 7) is 0.532. The molecule has 1 heterocycles. The van der Waals surface area contributed by atoms with Gasteiger partial charge in [-0.05, 0) is 66.1 Å². The number of nitrogens with zero attached hydrogens (tertiary/aromatic N) is 2. The SMILES string of the molecule is COc1ccc2c(c1)CCCC2CC(=O)NCc1ccnc(N(C)C)c1. The molecular formula is C21H27N3O2. The smallest absolute Gasteiger partial charge is 0.220 e. The lowest BCUT2D eigenvalue weighted by molar-refractivity contribution is -0.121. The van der Waals surface area contributed by atoms with E-state index < -0.39 is 0 Å². The Morgan fingerprint density at radius 3 is 2.92 bits per heavy atom. The van der Waals surface area contributed by atoms with E-state index in [1.807, 2.05) is 37.2 Å². The normalized spacial score (nSPS) is 15.9. The van der Waals surface area contributed by atoms with Crippen molar-refractivity contribution >= 4 is 11.7 Å². The zero-order chi connectivity index (χ0) is 18.5. The molecule has 0 radical (unpaired) electrons. The van der Waals surface area contributed by atoms with Gasteiger partial charge in [-0.3, -0.25) is 4.79 Å². The van der Waals surface area contributed by atoms with E-state index in [0.29, 0.717) is 18.9 Å². The van der Waals surface area contributed by atoms with E-state index in [-0.39, 0.29) is 5.91 Å². The van der Waals surface area contributed by atoms with Crippen molar-refractivity contribution in [3.63, 3.8) is 0 Å². The number of amides is 1. The third-order valence-corrected chi connectivity index (χ3v) is 4.98. The molecule has 1 aromatic heterocycles. The van der Waals surface area contributed by atoms with E-state index in [1.165, 1.54) is 11.1 Å². The maximum atomic E-state index is 12.5. The summed E-state index contributed by atoms with van der Waals surface area (Å²) < 4.78 is 5.32. The zero-order valence-corrected chi connectivity index (χ0v) is 15.8. The first-order chi connectivity index (χ1) is 12.6. The van der Waals surface area contributed by atoms with Crippen LogP contribution in [0.15, 0.2) is 36.5 Å². The number of nitrogens with one attached hydrogen (secondary N) is 1. The van der Waals surface area contributed by atoms with Gasteiger partial charge in [-0.25, -0.2) is 4.98 Å². The third kappa shape index (κ3) is 4.34. The molecule has 1 amide bonds. The molecule has 0 saturated heterocycles. The first-order valence-electron chi connectivity index (χ1n) is 9.12. The van der Waals surface area contributed by atoms with Gasteiger partial charge in [0.15, 0.2) is 0 Å². The fourth-order valence-corrected chi connectivity index (χ4v) is 3.54. The largest absolute Gasteiger partial charge is 0.497 e. The topological polar surface area (TPSA) is 54.5 Å². The average Bonchev–Trinajstić information content (AvgIpc) is 2.66. The first-order valence-corrected chi connectivity index (χ1v) is 9.12. The van der Waals surface area contributed by atoms with Crippen molar-refractivity contribution in [1.82, 2.24) is 10.3 Å². The van der Waals surface area contributed by atoms with Crippen LogP contribution in [-0.2, 0) is 17.8 Å². The minimum absolute atomic E-state index is 0.0990. The van der Waals surface area contributed by atoms with Gasteiger partial charge in [0.1, 0.15) is 11.6 Å². The minimum Gasteiger partial charge on any atom is -0.497 e. The van der Waals surface area contributed by atoms with E-state index in [1.54, 1.807) is 13.3 Å². The monoisotopic (exact) mass is 353 g/mol. The molecule has 2 aromatic rings. The van der Waals surface area contributed by atoms with E-state index in [4.69, 9.17) is 4.74 Å². The molecule has 138 valence electrons. The molecule has 1 atom stereocenters. The van der Waals surface area contributed by atoms with Crippen LogP contribution in [0.5, 0.6) is 5.75 Å². The average molecular weight is 353 g/mol. The first kappa shape index (κ1) is 18.2. The molecule has 5 heteroatoms. The third-order valence-electron chi connectivity index (χ3n) is 4.98. The van der Waals surface area contributed by atoms with E-state index in [2.05, 4.69) is 22.4 Å². The summed E-state index contributed by atoms with van der Waals surface area (Å²) in [5.74, 6) is 2.18. The van der Waals surface area contributed by atoms with Gasteiger partial charge in [-0.1, -0.05) is 6.07 Å². The predicted molar refractivity (Wildman–Crippen MR) is 104 cm³/mol. The van der Waals surface area contributed by atoms with Crippen molar-refractivity contribution in [2.75, 3.05) is 26.1 Å². The second-order valence-corrected chi connectivity index (χ2v) is 7.05. The Hall–Kier alpha value is -2.56. The van der Waals surface area contributed by atoms with Crippen LogP contribution in [0, 0.1) is 0 Å². The quantitative estimate of drug-likeness (QED) is 0.866. The molecule has 3 rings (SSSR count). The summed E-state index contributed by atoms with van der Waals surface area (Å²) in [6.07, 6.45) is 5.56. The number of ether oxygens (including phenoxy) is 1. The number of rotatable bonds is 6. The molecule has 26 heavy (non-hydrogen) atoms. The van der Waals surface area contributed by atoms with E-state index in [9.17, 15) is 4.79 Å². The van der Waals surface area contributed by atoms with Crippen LogP contribution in [0.2, 0.25) is 0 Å². The summed E-state index contributed by atoms with van der Waals surface area (Å²) in [5.41, 5.74) is 3.68. The molecule has 0 saturated carbocycles. The van der Waals surface area contributed by atoms with Gasteiger partial charge in [0.05, 0.1) is 7.11 Å². The summed E-state index contributed by atoms with van der Waals surface area (Å²) >= 11 is 0. The van der Waals surface area contributed by atoms with Gasteiger partial charge in [0, 0.05) is 33.3 Å². The number of carbonyl (C=O) groups is 1. The molecular weight excluding hydrogens is 326 g/mol. The number of benzene rings is 1. The highest BCUT2D eigenvalue weighted by Gasteiger charge is 2.23. The van der Waals surface area contributed by atoms with Crippen LogP contribution >= 0.6 is 0 Å². The number of hydrogen-bond donors (Lipinski definition) is 1. The number of methoxy groups -OCH3 is 1. The second-order valence-electron chi connectivity index (χ2n) is 7.05. The molecule has 0 fully saturated rings. The summed E-state index contributed by atoms with van der Waals surface area (Å²) in [5, 5.41) is 3.06. The van der Waals surface area contributed by atoms with Gasteiger partial charge in [-0.2, -0.15) is 0 Å². The Bertz CT molecular complexity index is 774. The second kappa shape index (κ2) is 8.21. The highest BCUT2D eigenvalue weighted by molar-refractivity contribution is 5.77. The fraction of sp³-hybridized carbons (Fsp3) is 0.429. The summed E-state index contributed by atoms with van der Waals surface area (Å²) in [7, 11) is 5.61. The number of carbonyl (C=O) groups excluding carboxylic acids is 1. The van der Waals surface area contributed by atoms with Gasteiger partial charge in [0.25, 0.3) is 0 Å². The number of hydrogen-bond acceptors (Lipinski definition) is 4. The standard InChI is InChI=1S/C21H27N3O2/c1-24(2)20-11-15(9-10-22-20)14-23-21(25)13-17-6-4-5-16-12-18(26-3)7-8-19(16)17/h7-12,17H,4-6,13-14H2,1-3H3,(H,23,25). The molecule has 0 spiro atoms. The van der Waals surface area contributed by atoms with Crippen LogP contribution in [0.25, 0.3) is 0 Å². The predicted octanol–water partition coefficient (Wildman–Crippen LogP) is 3.28. The van der Waals surface area contributed by atoms with Crippen molar-refractivity contribution in [2.45, 2.75) is 38.1 Å². The van der Waals surface area contributed by atoms with Crippen LogP contribution < -0.4 is 15.0 Å². The van der Waals surface area contributed by atoms with E-state index in [0.717, 1.165) is 36.4 Å². The fourth-order valence-electron chi connectivity index (χ4n) is 3.54. The number of aromatic nitrogens is 1. The molecule has 1 unspecified atom stereocenters. The summed E-state index contributed by atoms with van der Waals surface area (Å²) in [6, 6.07) is 10.2. The Morgan fingerprint density at radius 1 is 1.31 bits per heavy atom. The molecule has 0 aliphatic heterocycles. The lowest BCUT2D eigenvalue weighted by atomic mass is 9.81. The van der Waals surface area contributed by atoms with Crippen molar-refractivity contribution in [3.8, 4) is 5.75 Å². The Labute approximate surface area is 155 Å². The lowest BCUT2D eigenvalue weighted by Gasteiger charge is -2.25.